The zero-order valence-corrected chi connectivity index (χ0v) is 12.1. The molecule has 0 fully saturated rings. The first-order chi connectivity index (χ1) is 9.37. The van der Waals surface area contributed by atoms with Crippen LogP contribution in [-0.4, -0.2) is 94.7 Å². The van der Waals surface area contributed by atoms with E-state index in [1.165, 1.54) is 0 Å². The summed E-state index contributed by atoms with van der Waals surface area (Å²) in [5, 5.41) is 51.2. The van der Waals surface area contributed by atoms with Gasteiger partial charge in [-0.3, -0.25) is 0 Å². The molecule has 0 aromatic heterocycles. The topological polar surface area (TPSA) is 140 Å². The van der Waals surface area contributed by atoms with Crippen LogP contribution in [0.1, 0.15) is 13.8 Å². The summed E-state index contributed by atoms with van der Waals surface area (Å²) in [7, 11) is 0. The predicted molar refractivity (Wildman–Crippen MR) is 71.2 cm³/mol. The third kappa shape index (κ3) is 17.7. The van der Waals surface area contributed by atoms with Crippen molar-refractivity contribution in [1.29, 1.82) is 0 Å². The molecule has 0 rings (SSSR count). The highest BCUT2D eigenvalue weighted by atomic mass is 16.5. The Labute approximate surface area is 119 Å². The van der Waals surface area contributed by atoms with Crippen molar-refractivity contribution in [3.8, 4) is 0 Å². The number of hydrogen-bond acceptors (Lipinski definition) is 8. The van der Waals surface area contributed by atoms with E-state index in [0.717, 1.165) is 0 Å². The van der Waals surface area contributed by atoms with E-state index in [1.54, 1.807) is 13.8 Å². The second kappa shape index (κ2) is 15.1. The lowest BCUT2D eigenvalue weighted by Crippen LogP contribution is -2.25. The van der Waals surface area contributed by atoms with Crippen LogP contribution in [0.3, 0.4) is 0 Å². The molecule has 124 valence electrons. The molecule has 4 unspecified atom stereocenters. The van der Waals surface area contributed by atoms with E-state index >= 15 is 0 Å². The molecule has 0 spiro atoms. The van der Waals surface area contributed by atoms with Gasteiger partial charge in [0.25, 0.3) is 0 Å². The first-order valence-electron chi connectivity index (χ1n) is 6.43. The highest BCUT2D eigenvalue weighted by molar-refractivity contribution is 4.52. The molecule has 20 heavy (non-hydrogen) atoms. The SMILES string of the molecule is CC(O)COC(C)CO.OCC(O)COCC(O)CO. The molecule has 0 aliphatic heterocycles. The van der Waals surface area contributed by atoms with Gasteiger partial charge in [0.2, 0.25) is 0 Å². The minimum absolute atomic E-state index is 0.00667. The molecule has 0 bridgehead atoms. The van der Waals surface area contributed by atoms with Crippen LogP contribution in [0.5, 0.6) is 0 Å². The lowest BCUT2D eigenvalue weighted by molar-refractivity contribution is -0.0364. The molecular weight excluding hydrogens is 272 g/mol. The van der Waals surface area contributed by atoms with Crippen molar-refractivity contribution in [1.82, 2.24) is 0 Å². The summed E-state index contributed by atoms with van der Waals surface area (Å²) >= 11 is 0. The highest BCUT2D eigenvalue weighted by Gasteiger charge is 2.05. The Morgan fingerprint density at radius 2 is 1.20 bits per heavy atom. The fraction of sp³-hybridized carbons (Fsp3) is 1.00. The zero-order valence-electron chi connectivity index (χ0n) is 12.1. The van der Waals surface area contributed by atoms with Crippen LogP contribution in [0.15, 0.2) is 0 Å². The van der Waals surface area contributed by atoms with Crippen LogP contribution >= 0.6 is 0 Å². The molecule has 0 aromatic rings. The van der Waals surface area contributed by atoms with Crippen molar-refractivity contribution in [2.45, 2.75) is 38.3 Å². The van der Waals surface area contributed by atoms with Gasteiger partial charge in [0.15, 0.2) is 0 Å². The lowest BCUT2D eigenvalue weighted by Gasteiger charge is -2.10. The van der Waals surface area contributed by atoms with Crippen molar-refractivity contribution in [2.75, 3.05) is 39.6 Å². The molecule has 0 amide bonds. The molecule has 0 heterocycles. The second-order valence-electron chi connectivity index (χ2n) is 4.39. The summed E-state index contributed by atoms with van der Waals surface area (Å²) in [4.78, 5) is 0. The summed E-state index contributed by atoms with van der Waals surface area (Å²) in [6.07, 6.45) is -2.44. The molecule has 4 atom stereocenters. The Kier molecular flexibility index (Phi) is 16.6. The summed E-state index contributed by atoms with van der Waals surface area (Å²) in [6.45, 7) is 2.90. The first kappa shape index (κ1) is 22.0. The van der Waals surface area contributed by atoms with E-state index in [2.05, 4.69) is 0 Å². The summed E-state index contributed by atoms with van der Waals surface area (Å²) in [6, 6.07) is 0. The molecule has 8 nitrogen and oxygen atoms in total. The second-order valence-corrected chi connectivity index (χ2v) is 4.39. The van der Waals surface area contributed by atoms with Crippen LogP contribution < -0.4 is 0 Å². The number of hydrogen-bond donors (Lipinski definition) is 6. The van der Waals surface area contributed by atoms with Gasteiger partial charge in [-0.05, 0) is 13.8 Å². The van der Waals surface area contributed by atoms with E-state index in [-0.39, 0.29) is 39.1 Å². The van der Waals surface area contributed by atoms with Gasteiger partial charge in [-0.15, -0.1) is 0 Å². The Bertz CT molecular complexity index is 180. The predicted octanol–water partition coefficient (Wildman–Crippen LogP) is -2.53. The number of aliphatic hydroxyl groups is 6. The number of aliphatic hydroxyl groups excluding tert-OH is 6. The minimum atomic E-state index is -0.916. The fourth-order valence-corrected chi connectivity index (χ4v) is 0.802. The lowest BCUT2D eigenvalue weighted by atomic mass is 10.4. The van der Waals surface area contributed by atoms with Gasteiger partial charge >= 0.3 is 0 Å². The van der Waals surface area contributed by atoms with E-state index in [4.69, 9.17) is 40.1 Å². The summed E-state index contributed by atoms with van der Waals surface area (Å²) < 4.78 is 9.67. The standard InChI is InChI=1S/C6H14O5.C6H14O3/c7-1-5(9)3-11-4-6(10)2-8;1-5(8)4-9-6(2)3-7/h5-10H,1-4H2;5-8H,3-4H2,1-2H3. The molecule has 0 aromatic carbocycles. The molecule has 0 radical (unpaired) electrons. The van der Waals surface area contributed by atoms with Crippen LogP contribution in [0, 0.1) is 0 Å². The molecule has 0 saturated heterocycles. The van der Waals surface area contributed by atoms with Crippen molar-refractivity contribution in [3.63, 3.8) is 0 Å². The molecule has 0 aliphatic carbocycles. The third-order valence-corrected chi connectivity index (χ3v) is 1.92. The molecule has 0 saturated carbocycles. The molecule has 0 aliphatic rings. The van der Waals surface area contributed by atoms with Gasteiger partial charge in [0.05, 0.1) is 51.8 Å². The van der Waals surface area contributed by atoms with E-state index < -0.39 is 18.3 Å². The normalized spacial score (nSPS) is 16.8. The monoisotopic (exact) mass is 300 g/mol. The van der Waals surface area contributed by atoms with Crippen LogP contribution in [0.2, 0.25) is 0 Å². The van der Waals surface area contributed by atoms with E-state index in [9.17, 15) is 0 Å². The van der Waals surface area contributed by atoms with Gasteiger partial charge in [0, 0.05) is 0 Å². The zero-order chi connectivity index (χ0) is 16.0. The van der Waals surface area contributed by atoms with Gasteiger partial charge in [-0.25, -0.2) is 0 Å². The smallest absolute Gasteiger partial charge is 0.100 e. The average Bonchev–Trinajstić information content (AvgIpc) is 2.44. The van der Waals surface area contributed by atoms with Crippen LogP contribution in [0.25, 0.3) is 0 Å². The Morgan fingerprint density at radius 3 is 1.50 bits per heavy atom. The maximum absolute atomic E-state index is 8.72. The molecule has 8 heteroatoms. The van der Waals surface area contributed by atoms with Gasteiger partial charge in [0.1, 0.15) is 12.2 Å². The van der Waals surface area contributed by atoms with Gasteiger partial charge in [-0.2, -0.15) is 0 Å². The van der Waals surface area contributed by atoms with E-state index in [0.29, 0.717) is 6.61 Å². The molecule has 6 N–H and O–H groups in total. The average molecular weight is 300 g/mol. The Hall–Kier alpha value is -0.320. The van der Waals surface area contributed by atoms with Crippen LogP contribution in [-0.2, 0) is 9.47 Å². The maximum atomic E-state index is 8.72. The van der Waals surface area contributed by atoms with Gasteiger partial charge in [-0.1, -0.05) is 0 Å². The van der Waals surface area contributed by atoms with Crippen molar-refractivity contribution < 1.29 is 40.1 Å². The summed E-state index contributed by atoms with van der Waals surface area (Å²) in [5.74, 6) is 0. The fourth-order valence-electron chi connectivity index (χ4n) is 0.802. The maximum Gasteiger partial charge on any atom is 0.100 e. The Balaban J connectivity index is 0. The van der Waals surface area contributed by atoms with E-state index in [1.807, 2.05) is 0 Å². The highest BCUT2D eigenvalue weighted by Crippen LogP contribution is 1.90. The van der Waals surface area contributed by atoms with Crippen molar-refractivity contribution in [2.24, 2.45) is 0 Å². The number of ether oxygens (including phenoxy) is 2. The van der Waals surface area contributed by atoms with Crippen LogP contribution in [0.4, 0.5) is 0 Å². The number of rotatable bonds is 10. The summed E-state index contributed by atoms with van der Waals surface area (Å²) in [5.41, 5.74) is 0. The minimum Gasteiger partial charge on any atom is -0.394 e. The molecular formula is C12H28O8. The van der Waals surface area contributed by atoms with Crippen molar-refractivity contribution >= 4 is 0 Å². The van der Waals surface area contributed by atoms with Crippen molar-refractivity contribution in [3.05, 3.63) is 0 Å². The largest absolute Gasteiger partial charge is 0.394 e. The first-order valence-corrected chi connectivity index (χ1v) is 6.43. The van der Waals surface area contributed by atoms with Gasteiger partial charge < -0.3 is 40.1 Å². The Morgan fingerprint density at radius 1 is 0.750 bits per heavy atom. The third-order valence-electron chi connectivity index (χ3n) is 1.92. The quantitative estimate of drug-likeness (QED) is 0.260.